The first kappa shape index (κ1) is 11.1. The minimum Gasteiger partial charge on any atom is -0.508 e. The van der Waals surface area contributed by atoms with Crippen LogP contribution >= 0.6 is 0 Å². The van der Waals surface area contributed by atoms with Crippen LogP contribution in [0.5, 0.6) is 5.75 Å². The molecule has 94 valence electrons. The number of phenolic OH excluding ortho intramolecular Hbond substituents is 1. The number of nitrogens with zero attached hydrogens (tertiary/aromatic N) is 4. The number of aromatic nitrogens is 4. The SMILES string of the molecule is Oc1cccc(/C=N/Nc2ncnc3nc[nH]c23)c1. The number of fused-ring (bicyclic) bond motifs is 1. The number of phenols is 1. The number of rotatable bonds is 3. The third-order valence-electron chi connectivity index (χ3n) is 2.48. The number of hydrazone groups is 1. The monoisotopic (exact) mass is 254 g/mol. The second-order valence-electron chi connectivity index (χ2n) is 3.79. The fourth-order valence-electron chi connectivity index (χ4n) is 1.62. The Labute approximate surface area is 108 Å². The van der Waals surface area contributed by atoms with E-state index in [4.69, 9.17) is 0 Å². The lowest BCUT2D eigenvalue weighted by Crippen LogP contribution is -1.95. The third-order valence-corrected chi connectivity index (χ3v) is 2.48. The lowest BCUT2D eigenvalue weighted by Gasteiger charge is -1.99. The largest absolute Gasteiger partial charge is 0.508 e. The van der Waals surface area contributed by atoms with Crippen LogP contribution in [0.1, 0.15) is 5.56 Å². The smallest absolute Gasteiger partial charge is 0.182 e. The van der Waals surface area contributed by atoms with Crippen molar-refractivity contribution in [2.24, 2.45) is 5.10 Å². The molecule has 0 aliphatic rings. The van der Waals surface area contributed by atoms with E-state index >= 15 is 0 Å². The maximum absolute atomic E-state index is 9.33. The molecule has 0 atom stereocenters. The van der Waals surface area contributed by atoms with E-state index in [0.717, 1.165) is 5.56 Å². The van der Waals surface area contributed by atoms with E-state index in [9.17, 15) is 5.11 Å². The van der Waals surface area contributed by atoms with E-state index in [1.807, 2.05) is 6.07 Å². The normalized spacial score (nSPS) is 11.2. The summed E-state index contributed by atoms with van der Waals surface area (Å²) in [6.45, 7) is 0. The average Bonchev–Trinajstić information content (AvgIpc) is 2.88. The highest BCUT2D eigenvalue weighted by atomic mass is 16.3. The van der Waals surface area contributed by atoms with Crippen molar-refractivity contribution in [2.45, 2.75) is 0 Å². The Morgan fingerprint density at radius 3 is 3.11 bits per heavy atom. The van der Waals surface area contributed by atoms with Gasteiger partial charge in [-0.25, -0.2) is 15.0 Å². The summed E-state index contributed by atoms with van der Waals surface area (Å²) < 4.78 is 0. The lowest BCUT2D eigenvalue weighted by molar-refractivity contribution is 0.475. The summed E-state index contributed by atoms with van der Waals surface area (Å²) in [6.07, 6.45) is 4.54. The van der Waals surface area contributed by atoms with Gasteiger partial charge in [-0.15, -0.1) is 0 Å². The van der Waals surface area contributed by atoms with Crippen LogP contribution in [0.25, 0.3) is 11.2 Å². The Bertz CT molecular complexity index is 736. The van der Waals surface area contributed by atoms with Crippen LogP contribution in [-0.2, 0) is 0 Å². The zero-order valence-corrected chi connectivity index (χ0v) is 9.78. The van der Waals surface area contributed by atoms with Crippen molar-refractivity contribution < 1.29 is 5.11 Å². The molecular formula is C12H10N6O. The summed E-state index contributed by atoms with van der Waals surface area (Å²) in [5.74, 6) is 0.737. The van der Waals surface area contributed by atoms with Crippen LogP contribution in [0.3, 0.4) is 0 Å². The number of imidazole rings is 1. The number of hydrogen-bond donors (Lipinski definition) is 3. The zero-order valence-electron chi connectivity index (χ0n) is 9.78. The van der Waals surface area contributed by atoms with E-state index in [2.05, 4.69) is 30.5 Å². The number of nitrogens with one attached hydrogen (secondary N) is 2. The molecule has 0 amide bonds. The predicted molar refractivity (Wildman–Crippen MR) is 71.0 cm³/mol. The lowest BCUT2D eigenvalue weighted by atomic mass is 10.2. The fraction of sp³-hybridized carbons (Fsp3) is 0. The first-order valence-electron chi connectivity index (χ1n) is 5.55. The Morgan fingerprint density at radius 2 is 2.21 bits per heavy atom. The van der Waals surface area contributed by atoms with Gasteiger partial charge in [-0.2, -0.15) is 5.10 Å². The van der Waals surface area contributed by atoms with Gasteiger partial charge in [0, 0.05) is 0 Å². The van der Waals surface area contributed by atoms with Gasteiger partial charge in [0.25, 0.3) is 0 Å². The van der Waals surface area contributed by atoms with Crippen LogP contribution in [0.15, 0.2) is 42.0 Å². The van der Waals surface area contributed by atoms with Gasteiger partial charge >= 0.3 is 0 Å². The maximum Gasteiger partial charge on any atom is 0.182 e. The van der Waals surface area contributed by atoms with E-state index < -0.39 is 0 Å². The van der Waals surface area contributed by atoms with Crippen molar-refractivity contribution in [1.29, 1.82) is 0 Å². The Hall–Kier alpha value is -2.96. The second kappa shape index (κ2) is 4.73. The molecule has 3 aromatic rings. The average molecular weight is 254 g/mol. The Kier molecular flexibility index (Phi) is 2.77. The van der Waals surface area contributed by atoms with Crippen molar-refractivity contribution >= 4 is 23.2 Å². The number of anilines is 1. The molecule has 7 heteroatoms. The van der Waals surface area contributed by atoms with Gasteiger partial charge in [0.2, 0.25) is 0 Å². The van der Waals surface area contributed by atoms with Gasteiger partial charge in [-0.3, -0.25) is 5.43 Å². The predicted octanol–water partition coefficient (Wildman–Crippen LogP) is 1.50. The summed E-state index contributed by atoms with van der Waals surface area (Å²) in [7, 11) is 0. The van der Waals surface area contributed by atoms with E-state index in [0.29, 0.717) is 17.0 Å². The number of benzene rings is 1. The highest BCUT2D eigenvalue weighted by molar-refractivity contribution is 5.84. The third kappa shape index (κ3) is 2.34. The highest BCUT2D eigenvalue weighted by Gasteiger charge is 2.03. The molecule has 3 rings (SSSR count). The van der Waals surface area contributed by atoms with Gasteiger partial charge in [0.05, 0.1) is 12.5 Å². The molecule has 2 aromatic heterocycles. The quantitative estimate of drug-likeness (QED) is 0.486. The van der Waals surface area contributed by atoms with E-state index in [-0.39, 0.29) is 5.75 Å². The molecule has 0 spiro atoms. The van der Waals surface area contributed by atoms with Crippen LogP contribution < -0.4 is 5.43 Å². The molecule has 0 unspecified atom stereocenters. The van der Waals surface area contributed by atoms with Crippen molar-refractivity contribution in [3.05, 3.63) is 42.5 Å². The summed E-state index contributed by atoms with van der Waals surface area (Å²) >= 11 is 0. The van der Waals surface area contributed by atoms with Crippen LogP contribution in [0, 0.1) is 0 Å². The van der Waals surface area contributed by atoms with Gasteiger partial charge in [0.15, 0.2) is 11.5 Å². The topological polar surface area (TPSA) is 99.1 Å². The van der Waals surface area contributed by atoms with Crippen LogP contribution in [-0.4, -0.2) is 31.3 Å². The number of aromatic amines is 1. The van der Waals surface area contributed by atoms with E-state index in [1.165, 1.54) is 6.33 Å². The molecule has 0 saturated heterocycles. The van der Waals surface area contributed by atoms with Crippen molar-refractivity contribution in [3.8, 4) is 5.75 Å². The number of hydrogen-bond acceptors (Lipinski definition) is 6. The van der Waals surface area contributed by atoms with Crippen LogP contribution in [0.4, 0.5) is 5.82 Å². The molecule has 7 nitrogen and oxygen atoms in total. The minimum atomic E-state index is 0.196. The number of H-pyrrole nitrogens is 1. The molecule has 0 saturated carbocycles. The van der Waals surface area contributed by atoms with Gasteiger partial charge in [-0.1, -0.05) is 12.1 Å². The Balaban J connectivity index is 1.81. The summed E-state index contributed by atoms with van der Waals surface area (Å²) in [5.41, 5.74) is 4.85. The molecule has 0 radical (unpaired) electrons. The maximum atomic E-state index is 9.33. The van der Waals surface area contributed by atoms with Crippen molar-refractivity contribution in [1.82, 2.24) is 19.9 Å². The first-order chi connectivity index (χ1) is 9.33. The molecule has 1 aromatic carbocycles. The molecule has 19 heavy (non-hydrogen) atoms. The molecule has 0 fully saturated rings. The standard InChI is InChI=1S/C12H10N6O/c19-9-3-1-2-8(4-9)5-17-18-12-10-11(14-6-13-10)15-7-16-12/h1-7,19H,(H2,13,14,15,16,18)/b17-5+. The summed E-state index contributed by atoms with van der Waals surface area (Å²) in [4.78, 5) is 15.0. The summed E-state index contributed by atoms with van der Waals surface area (Å²) in [5, 5.41) is 13.4. The van der Waals surface area contributed by atoms with Crippen LogP contribution in [0.2, 0.25) is 0 Å². The van der Waals surface area contributed by atoms with Gasteiger partial charge in [0.1, 0.15) is 17.6 Å². The fourth-order valence-corrected chi connectivity index (χ4v) is 1.62. The molecule has 0 bridgehead atoms. The highest BCUT2D eigenvalue weighted by Crippen LogP contribution is 2.14. The minimum absolute atomic E-state index is 0.196. The zero-order chi connectivity index (χ0) is 13.1. The van der Waals surface area contributed by atoms with Gasteiger partial charge < -0.3 is 10.1 Å². The molecule has 0 aliphatic heterocycles. The second-order valence-corrected chi connectivity index (χ2v) is 3.79. The van der Waals surface area contributed by atoms with E-state index in [1.54, 1.807) is 30.7 Å². The molecule has 0 aliphatic carbocycles. The molecule has 3 N–H and O–H groups in total. The van der Waals surface area contributed by atoms with Crippen molar-refractivity contribution in [2.75, 3.05) is 5.43 Å². The first-order valence-corrected chi connectivity index (χ1v) is 5.55. The Morgan fingerprint density at radius 1 is 1.26 bits per heavy atom. The van der Waals surface area contributed by atoms with Gasteiger partial charge in [-0.05, 0) is 17.7 Å². The molecule has 2 heterocycles. The van der Waals surface area contributed by atoms with Crippen molar-refractivity contribution in [3.63, 3.8) is 0 Å². The molecular weight excluding hydrogens is 244 g/mol. The number of aromatic hydroxyl groups is 1. The summed E-state index contributed by atoms with van der Waals surface area (Å²) in [6, 6.07) is 6.78.